The van der Waals surface area contributed by atoms with E-state index in [0.717, 1.165) is 7.11 Å². The quantitative estimate of drug-likeness (QED) is 0.541. The number of methoxy groups -OCH3 is 1. The molecule has 3 heterocycles. The van der Waals surface area contributed by atoms with E-state index in [9.17, 15) is 4.55 Å². The molecule has 0 bridgehead atoms. The molecular weight excluding hydrogens is 348 g/mol. The van der Waals surface area contributed by atoms with E-state index in [1.165, 1.54) is 17.0 Å². The molecule has 1 atom stereocenters. The third-order valence-electron chi connectivity index (χ3n) is 3.40. The van der Waals surface area contributed by atoms with Crippen LogP contribution in [0.1, 0.15) is 25.0 Å². The largest absolute Gasteiger partial charge is 0.609 e. The average Bonchev–Trinajstić information content (AvgIpc) is 3.46. The molecule has 0 aliphatic heterocycles. The number of imidazole rings is 1. The Morgan fingerprint density at radius 1 is 1.42 bits per heavy atom. The number of aromatic amines is 1. The number of ether oxygens (including phenoxy) is 1. The van der Waals surface area contributed by atoms with Gasteiger partial charge in [-0.15, -0.1) is 0 Å². The molecule has 1 aromatic carbocycles. The Balaban J connectivity index is 1.97. The number of H-pyrrole nitrogens is 1. The van der Waals surface area contributed by atoms with E-state index in [2.05, 4.69) is 9.97 Å². The van der Waals surface area contributed by atoms with Crippen LogP contribution in [0.5, 0.6) is 5.75 Å². The van der Waals surface area contributed by atoms with Crippen LogP contribution < -0.4 is 4.74 Å². The predicted octanol–water partition coefficient (Wildman–Crippen LogP) is 3.37. The van der Waals surface area contributed by atoms with Crippen LogP contribution in [0.25, 0.3) is 16.7 Å². The summed E-state index contributed by atoms with van der Waals surface area (Å²) in [4.78, 5) is 7.98. The number of rotatable bonds is 5. The molecule has 3 aromatic heterocycles. The van der Waals surface area contributed by atoms with Crippen molar-refractivity contribution in [2.75, 3.05) is 7.11 Å². The van der Waals surface area contributed by atoms with Crippen molar-refractivity contribution in [1.82, 2.24) is 19.5 Å². The molecule has 1 unspecified atom stereocenters. The molecule has 4 rings (SSSR count). The highest BCUT2D eigenvalue weighted by atomic mass is 32.2. The summed E-state index contributed by atoms with van der Waals surface area (Å²) in [6.45, 7) is -3.08. The fourth-order valence-electron chi connectivity index (χ4n) is 2.17. The van der Waals surface area contributed by atoms with Gasteiger partial charge in [-0.05, 0) is 43.2 Å². The van der Waals surface area contributed by atoms with E-state index in [0.29, 0.717) is 4.98 Å². The van der Waals surface area contributed by atoms with Gasteiger partial charge in [-0.1, -0.05) is 0 Å². The Labute approximate surface area is 169 Å². The highest BCUT2D eigenvalue weighted by Gasteiger charge is 2.20. The van der Waals surface area contributed by atoms with Gasteiger partial charge >= 0.3 is 5.16 Å². The molecule has 0 amide bonds. The number of pyridine rings is 1. The van der Waals surface area contributed by atoms with Crippen molar-refractivity contribution in [1.29, 1.82) is 0 Å². The maximum Gasteiger partial charge on any atom is 0.322 e. The van der Waals surface area contributed by atoms with Crippen molar-refractivity contribution in [2.45, 2.75) is 17.7 Å². The monoisotopic (exact) mass is 377 g/mol. The first kappa shape index (κ1) is 8.28. The minimum absolute atomic E-state index is 0.0260. The topological polar surface area (TPSA) is 78.8 Å². The van der Waals surface area contributed by atoms with Crippen LogP contribution in [0.4, 0.5) is 0 Å². The first-order valence-electron chi connectivity index (χ1n) is 12.7. The molecule has 4 aromatic rings. The molecule has 0 aliphatic rings. The standard InChI is InChI=1S/C19H18N4O2S/c1-13-17(20-8-7-18(13)25-2)12-26(24)19-21-15-6-5-14(11-16(15)22-19)23-9-3-4-10-23/h3-11H,12H2,1-2H3,(H,21,22)/i1D3,5D,6D,7D,8D,11D,12D2/hD. The molecule has 0 spiro atoms. The van der Waals surface area contributed by atoms with E-state index >= 15 is 0 Å². The fraction of sp³-hybridized carbons (Fsp3) is 0.158. The first-order valence-corrected chi connectivity index (χ1v) is 8.42. The molecule has 0 saturated heterocycles. The molecule has 0 aliphatic carbocycles. The lowest BCUT2D eigenvalue weighted by Gasteiger charge is -2.10. The van der Waals surface area contributed by atoms with Gasteiger partial charge in [0.15, 0.2) is 7.12 Å². The number of fused-ring (bicyclic) bond motifs is 1. The summed E-state index contributed by atoms with van der Waals surface area (Å²) in [7, 11) is 1.04. The molecule has 0 radical (unpaired) electrons. The molecule has 132 valence electrons. The zero-order valence-corrected chi connectivity index (χ0v) is 14.1. The van der Waals surface area contributed by atoms with Crippen molar-refractivity contribution >= 4 is 22.2 Å². The molecule has 7 heteroatoms. The number of hydrogen-bond acceptors (Lipinski definition) is 4. The first-order chi connectivity index (χ1) is 17.1. The number of nitrogens with zero attached hydrogens (tertiary/aromatic N) is 3. The Kier molecular flexibility index (Phi) is 2.18. The molecular formula is C19H18N4O2S. The normalized spacial score (nSPS) is 19.5. The third-order valence-corrected chi connectivity index (χ3v) is 4.29. The maximum absolute atomic E-state index is 13.5. The summed E-state index contributed by atoms with van der Waals surface area (Å²) in [5.74, 6) is -0.632. The van der Waals surface area contributed by atoms with E-state index in [1.807, 2.05) is 0 Å². The zero-order chi connectivity index (χ0) is 27.6. The SMILES string of the molecule is [2H]c1nc(C([2H])([2H])[S+]([O-])c2nc3c([2H])c(-n4cccc4)c([2H])c([2H])c3n2[2H])c(C([2H])([2H])[2H])c(OC)c1[2H]. The van der Waals surface area contributed by atoms with Gasteiger partial charge in [0.2, 0.25) is 0 Å². The van der Waals surface area contributed by atoms with Crippen molar-refractivity contribution < 1.29 is 24.4 Å². The summed E-state index contributed by atoms with van der Waals surface area (Å²) in [5.41, 5.74) is -5.66. The van der Waals surface area contributed by atoms with Gasteiger partial charge in [0.05, 0.1) is 33.4 Å². The summed E-state index contributed by atoms with van der Waals surface area (Å²) < 4.78 is 110. The van der Waals surface area contributed by atoms with E-state index in [1.54, 1.807) is 12.1 Å². The van der Waals surface area contributed by atoms with Gasteiger partial charge in [-0.3, -0.25) is 9.96 Å². The minimum Gasteiger partial charge on any atom is -0.609 e. The van der Waals surface area contributed by atoms with E-state index in [4.69, 9.17) is 19.9 Å². The summed E-state index contributed by atoms with van der Waals surface area (Å²) in [5, 5.41) is -0.773. The lowest BCUT2D eigenvalue weighted by molar-refractivity contribution is 0.410. The van der Waals surface area contributed by atoms with Gasteiger partial charge in [0.1, 0.15) is 5.75 Å². The van der Waals surface area contributed by atoms with Crippen LogP contribution in [-0.2, 0) is 16.9 Å². The summed E-state index contributed by atoms with van der Waals surface area (Å²) in [6, 6.07) is 1.27. The molecule has 26 heavy (non-hydrogen) atoms. The maximum atomic E-state index is 13.5. The summed E-state index contributed by atoms with van der Waals surface area (Å²) in [6.07, 6.45) is 2.25. The van der Waals surface area contributed by atoms with Crippen LogP contribution in [0, 0.1) is 6.85 Å². The molecule has 1 N–H and O–H groups in total. The van der Waals surface area contributed by atoms with Crippen molar-refractivity contribution in [2.24, 2.45) is 0 Å². The van der Waals surface area contributed by atoms with Gasteiger partial charge in [0, 0.05) is 45.1 Å². The van der Waals surface area contributed by atoms with E-state index < -0.39 is 70.2 Å². The lowest BCUT2D eigenvalue weighted by Crippen LogP contribution is -2.10. The number of benzene rings is 1. The second-order valence-corrected chi connectivity index (χ2v) is 6.10. The van der Waals surface area contributed by atoms with Crippen molar-refractivity contribution in [3.05, 3.63) is 66.1 Å². The third kappa shape index (κ3) is 3.07. The zero-order valence-electron chi connectivity index (χ0n) is 24.3. The van der Waals surface area contributed by atoms with E-state index in [-0.39, 0.29) is 22.8 Å². The molecule has 6 nitrogen and oxygen atoms in total. The van der Waals surface area contributed by atoms with Crippen molar-refractivity contribution in [3.63, 3.8) is 0 Å². The van der Waals surface area contributed by atoms with Crippen LogP contribution in [-0.4, -0.2) is 31.2 Å². The van der Waals surface area contributed by atoms with Gasteiger partial charge in [-0.2, -0.15) is 4.98 Å². The molecule has 0 saturated carbocycles. The highest BCUT2D eigenvalue weighted by Crippen LogP contribution is 2.24. The Morgan fingerprint density at radius 3 is 3.04 bits per heavy atom. The Hall–Kier alpha value is -2.77. The predicted molar refractivity (Wildman–Crippen MR) is 101 cm³/mol. The summed E-state index contributed by atoms with van der Waals surface area (Å²) >= 11 is -2.98. The van der Waals surface area contributed by atoms with Crippen LogP contribution in [0.2, 0.25) is 1.41 Å². The number of hydrogen-bond donors (Lipinski definition) is 1. The second kappa shape index (κ2) is 6.86. The lowest BCUT2D eigenvalue weighted by atomic mass is 10.2. The number of nitrogens with one attached hydrogen (secondary N) is 1. The van der Waals surface area contributed by atoms with Crippen LogP contribution in [0.15, 0.2) is 60.0 Å². The Morgan fingerprint density at radius 2 is 2.27 bits per heavy atom. The fourth-order valence-corrected chi connectivity index (χ4v) is 2.94. The van der Waals surface area contributed by atoms with Crippen LogP contribution in [0.3, 0.4) is 0 Å². The van der Waals surface area contributed by atoms with Gasteiger partial charge < -0.3 is 13.9 Å². The number of aromatic nitrogens is 4. The van der Waals surface area contributed by atoms with Gasteiger partial charge in [0.25, 0.3) is 0 Å². The van der Waals surface area contributed by atoms with Gasteiger partial charge in [-0.25, -0.2) is 0 Å². The smallest absolute Gasteiger partial charge is 0.322 e. The van der Waals surface area contributed by atoms with Crippen LogP contribution >= 0.6 is 0 Å². The highest BCUT2D eigenvalue weighted by molar-refractivity contribution is 7.90. The molecule has 0 fully saturated rings. The Bertz CT molecular complexity index is 1520. The van der Waals surface area contributed by atoms with Crippen molar-refractivity contribution in [3.8, 4) is 11.4 Å². The minimum atomic E-state index is -3.17. The second-order valence-electron chi connectivity index (χ2n) is 4.99. The average molecular weight is 378 g/mol.